The molecule has 5 nitrogen and oxygen atoms in total. The molecule has 0 N–H and O–H groups in total. The van der Waals surface area contributed by atoms with E-state index in [-0.39, 0.29) is 17.5 Å². The molecule has 0 saturated heterocycles. The minimum Gasteiger partial charge on any atom is -0.490 e. The van der Waals surface area contributed by atoms with E-state index in [1.54, 1.807) is 13.2 Å². The van der Waals surface area contributed by atoms with Crippen molar-refractivity contribution < 1.29 is 19.0 Å². The zero-order valence-corrected chi connectivity index (χ0v) is 21.8. The van der Waals surface area contributed by atoms with Crippen LogP contribution in [0, 0.1) is 17.8 Å². The second kappa shape index (κ2) is 9.11. The van der Waals surface area contributed by atoms with E-state index in [0.717, 1.165) is 48.8 Å². The minimum absolute atomic E-state index is 0.0617. The molecule has 0 amide bonds. The molecule has 4 aliphatic rings. The van der Waals surface area contributed by atoms with Gasteiger partial charge in [0, 0.05) is 30.6 Å². The summed E-state index contributed by atoms with van der Waals surface area (Å²) >= 11 is 6.45. The van der Waals surface area contributed by atoms with Crippen molar-refractivity contribution in [1.29, 1.82) is 0 Å². The van der Waals surface area contributed by atoms with Crippen LogP contribution in [0.25, 0.3) is 0 Å². The van der Waals surface area contributed by atoms with Gasteiger partial charge in [0.05, 0.1) is 31.1 Å². The van der Waals surface area contributed by atoms with Gasteiger partial charge in [0.15, 0.2) is 0 Å². The number of hydrogen-bond acceptors (Lipinski definition) is 5. The molecule has 190 valence electrons. The van der Waals surface area contributed by atoms with E-state index < -0.39 is 0 Å². The highest BCUT2D eigenvalue weighted by atomic mass is 35.5. The van der Waals surface area contributed by atoms with E-state index >= 15 is 0 Å². The second-order valence-electron chi connectivity index (χ2n) is 11.1. The molecule has 2 aromatic carbocycles. The molecule has 6 heteroatoms. The highest BCUT2D eigenvalue weighted by molar-refractivity contribution is 6.30. The Morgan fingerprint density at radius 3 is 2.86 bits per heavy atom. The molecular formula is C30H34ClNO4. The summed E-state index contributed by atoms with van der Waals surface area (Å²) in [6, 6.07) is 12.1. The average Bonchev–Trinajstić information content (AvgIpc) is 3.68. The zero-order valence-electron chi connectivity index (χ0n) is 21.0. The molecule has 0 unspecified atom stereocenters. The van der Waals surface area contributed by atoms with Crippen LogP contribution >= 0.6 is 11.6 Å². The molecule has 1 heterocycles. The van der Waals surface area contributed by atoms with Gasteiger partial charge < -0.3 is 19.1 Å². The maximum absolute atomic E-state index is 12.4. The number of rotatable bonds is 6. The lowest BCUT2D eigenvalue weighted by Gasteiger charge is -2.45. The number of carbonyl (C=O) groups excluding carboxylic acids is 1. The van der Waals surface area contributed by atoms with Crippen molar-refractivity contribution in [2.24, 2.45) is 17.8 Å². The molecule has 0 aromatic heterocycles. The quantitative estimate of drug-likeness (QED) is 0.354. The number of benzene rings is 2. The fourth-order valence-electron chi connectivity index (χ4n) is 7.06. The number of carbonyl (C=O) groups is 1. The number of nitrogens with zero attached hydrogens (tertiary/aromatic N) is 1. The molecule has 6 atom stereocenters. The standard InChI is InChI=1S/C30H34ClNO4/c1-4-27(34-2)22-8-5-19(22)15-32-16-30(14-20-11-23(20)24-13-21(31)7-9-25(24)30)17-36-28-10-6-18(12-26(28)32)29(33)35-3/h4,6-7,9-10,12-13,19-20,22-23,27H,1,5,8,11,14-17H2,2-3H3/t19-,20-,22+,23-,27-,30-/m0/s1. The lowest BCUT2D eigenvalue weighted by molar-refractivity contribution is 0.0135. The van der Waals surface area contributed by atoms with Crippen LogP contribution in [0.5, 0.6) is 5.75 Å². The molecule has 6 rings (SSSR count). The van der Waals surface area contributed by atoms with Crippen molar-refractivity contribution in [3.63, 3.8) is 0 Å². The highest BCUT2D eigenvalue weighted by Crippen LogP contribution is 2.61. The van der Waals surface area contributed by atoms with Crippen molar-refractivity contribution in [2.45, 2.75) is 43.1 Å². The van der Waals surface area contributed by atoms with Crippen LogP contribution in [0.3, 0.4) is 0 Å². The molecule has 2 aromatic rings. The third-order valence-corrected chi connectivity index (χ3v) is 9.37. The van der Waals surface area contributed by atoms with Gasteiger partial charge in [-0.1, -0.05) is 23.7 Å². The molecule has 1 aliphatic heterocycles. The molecular weight excluding hydrogens is 474 g/mol. The first kappa shape index (κ1) is 23.9. The summed E-state index contributed by atoms with van der Waals surface area (Å²) in [5.41, 5.74) is 4.17. The molecule has 0 bridgehead atoms. The van der Waals surface area contributed by atoms with Crippen LogP contribution in [-0.2, 0) is 14.9 Å². The van der Waals surface area contributed by atoms with Crippen molar-refractivity contribution in [3.8, 4) is 5.75 Å². The smallest absolute Gasteiger partial charge is 0.337 e. The number of hydrogen-bond donors (Lipinski definition) is 0. The molecule has 3 aliphatic carbocycles. The Morgan fingerprint density at radius 2 is 2.14 bits per heavy atom. The Kier molecular flexibility index (Phi) is 6.04. The number of methoxy groups -OCH3 is 2. The minimum atomic E-state index is -0.331. The van der Waals surface area contributed by atoms with Crippen LogP contribution in [0.15, 0.2) is 49.1 Å². The van der Waals surface area contributed by atoms with E-state index in [2.05, 4.69) is 23.6 Å². The number of anilines is 1. The fourth-order valence-corrected chi connectivity index (χ4v) is 7.25. The van der Waals surface area contributed by atoms with Gasteiger partial charge in [-0.2, -0.15) is 0 Å². The van der Waals surface area contributed by atoms with E-state index in [4.69, 9.17) is 25.8 Å². The van der Waals surface area contributed by atoms with Gasteiger partial charge in [-0.15, -0.1) is 6.58 Å². The fraction of sp³-hybridized carbons (Fsp3) is 0.500. The summed E-state index contributed by atoms with van der Waals surface area (Å²) in [4.78, 5) is 14.9. The number of fused-ring (bicyclic) bond motifs is 5. The predicted octanol–water partition coefficient (Wildman–Crippen LogP) is 6.00. The van der Waals surface area contributed by atoms with Gasteiger partial charge in [0.1, 0.15) is 5.75 Å². The van der Waals surface area contributed by atoms with E-state index in [1.165, 1.54) is 24.7 Å². The first-order valence-corrected chi connectivity index (χ1v) is 13.4. The molecule has 1 spiro atoms. The molecule has 36 heavy (non-hydrogen) atoms. The molecule has 2 fully saturated rings. The van der Waals surface area contributed by atoms with Gasteiger partial charge in [0.25, 0.3) is 0 Å². The number of halogens is 1. The van der Waals surface area contributed by atoms with Crippen LogP contribution in [0.4, 0.5) is 5.69 Å². The molecule has 2 saturated carbocycles. The first-order chi connectivity index (χ1) is 17.5. The van der Waals surface area contributed by atoms with Crippen LogP contribution in [0.1, 0.15) is 53.1 Å². The van der Waals surface area contributed by atoms with E-state index in [0.29, 0.717) is 35.8 Å². The average molecular weight is 508 g/mol. The summed E-state index contributed by atoms with van der Waals surface area (Å²) in [6.07, 6.45) is 6.64. The number of esters is 1. The Hall–Kier alpha value is -2.50. The normalized spacial score (nSPS) is 30.6. The van der Waals surface area contributed by atoms with Gasteiger partial charge in [-0.05, 0) is 90.8 Å². The second-order valence-corrected chi connectivity index (χ2v) is 11.5. The third-order valence-electron chi connectivity index (χ3n) is 9.14. The topological polar surface area (TPSA) is 48.0 Å². The van der Waals surface area contributed by atoms with Gasteiger partial charge in [-0.25, -0.2) is 4.79 Å². The summed E-state index contributed by atoms with van der Waals surface area (Å²) in [5, 5.41) is 0.807. The Morgan fingerprint density at radius 1 is 1.28 bits per heavy atom. The largest absolute Gasteiger partial charge is 0.490 e. The zero-order chi connectivity index (χ0) is 25.0. The monoisotopic (exact) mass is 507 g/mol. The van der Waals surface area contributed by atoms with Gasteiger partial charge in [0.2, 0.25) is 0 Å². The predicted molar refractivity (Wildman–Crippen MR) is 141 cm³/mol. The van der Waals surface area contributed by atoms with Crippen LogP contribution in [0.2, 0.25) is 5.02 Å². The summed E-state index contributed by atoms with van der Waals surface area (Å²) in [7, 11) is 3.19. The van der Waals surface area contributed by atoms with Crippen LogP contribution < -0.4 is 9.64 Å². The van der Waals surface area contributed by atoms with Crippen LogP contribution in [-0.4, -0.2) is 46.0 Å². The van der Waals surface area contributed by atoms with Crippen molar-refractivity contribution in [3.05, 3.63) is 70.8 Å². The lowest BCUT2D eigenvalue weighted by Crippen LogP contribution is -2.49. The van der Waals surface area contributed by atoms with Crippen molar-refractivity contribution in [2.75, 3.05) is 38.8 Å². The summed E-state index contributed by atoms with van der Waals surface area (Å²) in [5.74, 6) is 2.74. The highest BCUT2D eigenvalue weighted by Gasteiger charge is 2.54. The number of ether oxygens (including phenoxy) is 3. The maximum atomic E-state index is 12.4. The third kappa shape index (κ3) is 3.92. The lowest BCUT2D eigenvalue weighted by atomic mass is 9.68. The van der Waals surface area contributed by atoms with Gasteiger partial charge in [-0.3, -0.25) is 0 Å². The van der Waals surface area contributed by atoms with Crippen molar-refractivity contribution in [1.82, 2.24) is 0 Å². The van der Waals surface area contributed by atoms with E-state index in [1.807, 2.05) is 24.3 Å². The van der Waals surface area contributed by atoms with Gasteiger partial charge >= 0.3 is 5.97 Å². The molecule has 0 radical (unpaired) electrons. The summed E-state index contributed by atoms with van der Waals surface area (Å²) < 4.78 is 17.3. The Bertz CT molecular complexity index is 1200. The summed E-state index contributed by atoms with van der Waals surface area (Å²) in [6.45, 7) is 6.35. The Labute approximate surface area is 218 Å². The maximum Gasteiger partial charge on any atom is 0.337 e. The van der Waals surface area contributed by atoms with E-state index in [9.17, 15) is 4.79 Å². The SMILES string of the molecule is C=C[C@H](OC)[C@@H]1CC[C@H]1CN1C[C@]2(COc3ccc(C(=O)OC)cc31)C[C@@H]1C[C@@H]1c1cc(Cl)ccc12. The Balaban J connectivity index is 1.40. The van der Waals surface area contributed by atoms with Crippen molar-refractivity contribution >= 4 is 23.3 Å². The first-order valence-electron chi connectivity index (χ1n) is 13.0.